The van der Waals surface area contributed by atoms with Crippen LogP contribution in [0.3, 0.4) is 0 Å². The monoisotopic (exact) mass is 374 g/mol. The molecule has 0 radical (unpaired) electrons. The Labute approximate surface area is 145 Å². The molecule has 3 fully saturated rings. The van der Waals surface area contributed by atoms with Gasteiger partial charge in [0.1, 0.15) is 5.69 Å². The zero-order chi connectivity index (χ0) is 16.4. The van der Waals surface area contributed by atoms with Gasteiger partial charge in [-0.3, -0.25) is 4.79 Å². The second-order valence-electron chi connectivity index (χ2n) is 7.95. The molecular formula is C19H23BrN2O. The lowest BCUT2D eigenvalue weighted by atomic mass is 9.45. The SMILES string of the molecule is C[C@@H]1[C@H]2C[C@@H](C[C@H]1NC(=O)c1cc3ccc(Br)cc3[nH]1)C2(C)C. The van der Waals surface area contributed by atoms with Gasteiger partial charge in [-0.15, -0.1) is 0 Å². The lowest BCUT2D eigenvalue weighted by molar-refractivity contribution is -0.113. The van der Waals surface area contributed by atoms with Crippen LogP contribution in [0.2, 0.25) is 0 Å². The van der Waals surface area contributed by atoms with Gasteiger partial charge in [0.2, 0.25) is 0 Å². The minimum atomic E-state index is 0.0216. The highest BCUT2D eigenvalue weighted by molar-refractivity contribution is 9.10. The molecule has 5 rings (SSSR count). The molecule has 122 valence electrons. The second-order valence-corrected chi connectivity index (χ2v) is 8.87. The van der Waals surface area contributed by atoms with Crippen molar-refractivity contribution in [3.05, 3.63) is 34.4 Å². The summed E-state index contributed by atoms with van der Waals surface area (Å²) in [6.07, 6.45) is 2.45. The molecule has 2 bridgehead atoms. The zero-order valence-electron chi connectivity index (χ0n) is 13.8. The maximum Gasteiger partial charge on any atom is 0.267 e. The van der Waals surface area contributed by atoms with Gasteiger partial charge in [-0.05, 0) is 54.2 Å². The second kappa shape index (κ2) is 5.10. The number of benzene rings is 1. The molecule has 3 aliphatic carbocycles. The third-order valence-electron chi connectivity index (χ3n) is 6.50. The van der Waals surface area contributed by atoms with Crippen LogP contribution in [-0.4, -0.2) is 16.9 Å². The Bertz CT molecular complexity index is 779. The van der Waals surface area contributed by atoms with Gasteiger partial charge in [0, 0.05) is 21.4 Å². The number of hydrogen-bond acceptors (Lipinski definition) is 1. The van der Waals surface area contributed by atoms with Gasteiger partial charge < -0.3 is 10.3 Å². The van der Waals surface area contributed by atoms with Crippen molar-refractivity contribution in [2.75, 3.05) is 0 Å². The Hall–Kier alpha value is -1.29. The molecule has 4 atom stereocenters. The van der Waals surface area contributed by atoms with E-state index in [2.05, 4.69) is 47.0 Å². The first-order chi connectivity index (χ1) is 10.9. The largest absolute Gasteiger partial charge is 0.350 e. The molecular weight excluding hydrogens is 352 g/mol. The quantitative estimate of drug-likeness (QED) is 0.783. The number of amides is 1. The van der Waals surface area contributed by atoms with E-state index in [1.54, 1.807) is 0 Å². The fourth-order valence-electron chi connectivity index (χ4n) is 4.81. The standard InChI is InChI=1S/C19H23BrN2O/c1-10-14-7-12(19(14,2)3)8-15(10)22-18(23)17-6-11-4-5-13(20)9-16(11)21-17/h4-6,9-10,12,14-15,21H,7-8H2,1-3H3,(H,22,23)/t10-,12+,14-,15-/m1/s1. The van der Waals surface area contributed by atoms with E-state index in [9.17, 15) is 4.79 Å². The highest BCUT2D eigenvalue weighted by Crippen LogP contribution is 2.61. The molecule has 3 aliphatic rings. The molecule has 0 aliphatic heterocycles. The van der Waals surface area contributed by atoms with Crippen LogP contribution in [0.4, 0.5) is 0 Å². The minimum Gasteiger partial charge on any atom is -0.350 e. The molecule has 0 spiro atoms. The lowest BCUT2D eigenvalue weighted by Gasteiger charge is -2.62. The van der Waals surface area contributed by atoms with Crippen LogP contribution in [0, 0.1) is 23.2 Å². The van der Waals surface area contributed by atoms with E-state index in [0.717, 1.165) is 33.6 Å². The van der Waals surface area contributed by atoms with Gasteiger partial charge in [0.25, 0.3) is 5.91 Å². The highest BCUT2D eigenvalue weighted by Gasteiger charge is 2.56. The number of fused-ring (bicyclic) bond motifs is 3. The number of hydrogen-bond donors (Lipinski definition) is 2. The summed E-state index contributed by atoms with van der Waals surface area (Å²) in [4.78, 5) is 15.9. The fourth-order valence-corrected chi connectivity index (χ4v) is 5.17. The van der Waals surface area contributed by atoms with Gasteiger partial charge in [-0.25, -0.2) is 0 Å². The van der Waals surface area contributed by atoms with Crippen molar-refractivity contribution in [3.63, 3.8) is 0 Å². The first-order valence-corrected chi connectivity index (χ1v) is 9.24. The van der Waals surface area contributed by atoms with Crippen LogP contribution >= 0.6 is 15.9 Å². The first kappa shape index (κ1) is 15.3. The van der Waals surface area contributed by atoms with Crippen LogP contribution in [0.1, 0.15) is 44.1 Å². The Kier molecular flexibility index (Phi) is 3.38. The summed E-state index contributed by atoms with van der Waals surface area (Å²) in [5.74, 6) is 2.07. The summed E-state index contributed by atoms with van der Waals surface area (Å²) >= 11 is 3.47. The summed E-state index contributed by atoms with van der Waals surface area (Å²) < 4.78 is 1.02. The average molecular weight is 375 g/mol. The van der Waals surface area contributed by atoms with Crippen molar-refractivity contribution in [2.45, 2.75) is 39.7 Å². The molecule has 1 aromatic carbocycles. The topological polar surface area (TPSA) is 44.9 Å². The Morgan fingerprint density at radius 2 is 2.09 bits per heavy atom. The summed E-state index contributed by atoms with van der Waals surface area (Å²) in [5, 5.41) is 4.35. The van der Waals surface area contributed by atoms with Crippen LogP contribution in [0.25, 0.3) is 10.9 Å². The number of carbonyl (C=O) groups excluding carboxylic acids is 1. The van der Waals surface area contributed by atoms with Crippen molar-refractivity contribution in [3.8, 4) is 0 Å². The molecule has 3 saturated carbocycles. The van der Waals surface area contributed by atoms with Crippen LogP contribution in [-0.2, 0) is 0 Å². The molecule has 2 aromatic rings. The predicted octanol–water partition coefficient (Wildman–Crippen LogP) is 4.73. The smallest absolute Gasteiger partial charge is 0.267 e. The van der Waals surface area contributed by atoms with E-state index in [0.29, 0.717) is 23.1 Å². The number of nitrogens with one attached hydrogen (secondary N) is 2. The van der Waals surface area contributed by atoms with E-state index in [4.69, 9.17) is 0 Å². The van der Waals surface area contributed by atoms with E-state index in [1.165, 1.54) is 6.42 Å². The Balaban J connectivity index is 1.51. The molecule has 4 heteroatoms. The van der Waals surface area contributed by atoms with Crippen molar-refractivity contribution < 1.29 is 4.79 Å². The van der Waals surface area contributed by atoms with Crippen LogP contribution in [0.5, 0.6) is 0 Å². The Morgan fingerprint density at radius 1 is 1.30 bits per heavy atom. The molecule has 1 amide bonds. The van der Waals surface area contributed by atoms with Crippen molar-refractivity contribution >= 4 is 32.7 Å². The van der Waals surface area contributed by atoms with Crippen LogP contribution < -0.4 is 5.32 Å². The van der Waals surface area contributed by atoms with Gasteiger partial charge in [-0.2, -0.15) is 0 Å². The van der Waals surface area contributed by atoms with E-state index < -0.39 is 0 Å². The third kappa shape index (κ3) is 2.34. The number of rotatable bonds is 2. The van der Waals surface area contributed by atoms with E-state index >= 15 is 0 Å². The summed E-state index contributed by atoms with van der Waals surface area (Å²) in [7, 11) is 0. The summed E-state index contributed by atoms with van der Waals surface area (Å²) in [5.41, 5.74) is 2.10. The highest BCUT2D eigenvalue weighted by atomic mass is 79.9. The maximum absolute atomic E-state index is 12.6. The molecule has 1 heterocycles. The van der Waals surface area contributed by atoms with Crippen LogP contribution in [0.15, 0.2) is 28.7 Å². The lowest BCUT2D eigenvalue weighted by Crippen LogP contribution is -2.60. The predicted molar refractivity (Wildman–Crippen MR) is 96.4 cm³/mol. The Morgan fingerprint density at radius 3 is 2.78 bits per heavy atom. The first-order valence-electron chi connectivity index (χ1n) is 8.45. The average Bonchev–Trinajstić information content (AvgIpc) is 2.91. The van der Waals surface area contributed by atoms with Gasteiger partial charge in [0.15, 0.2) is 0 Å². The summed E-state index contributed by atoms with van der Waals surface area (Å²) in [6.45, 7) is 7.07. The third-order valence-corrected chi connectivity index (χ3v) is 6.99. The maximum atomic E-state index is 12.6. The number of H-pyrrole nitrogens is 1. The fraction of sp³-hybridized carbons (Fsp3) is 0.526. The summed E-state index contributed by atoms with van der Waals surface area (Å²) in [6, 6.07) is 8.27. The number of aromatic amines is 1. The number of aromatic nitrogens is 1. The van der Waals surface area contributed by atoms with Gasteiger partial charge in [0.05, 0.1) is 0 Å². The van der Waals surface area contributed by atoms with E-state index in [1.807, 2.05) is 24.3 Å². The molecule has 0 unspecified atom stereocenters. The van der Waals surface area contributed by atoms with Gasteiger partial charge >= 0.3 is 0 Å². The molecule has 0 saturated heterocycles. The van der Waals surface area contributed by atoms with Crippen molar-refractivity contribution in [2.24, 2.45) is 23.2 Å². The normalized spacial score (nSPS) is 31.7. The zero-order valence-corrected chi connectivity index (χ0v) is 15.4. The molecule has 1 aromatic heterocycles. The van der Waals surface area contributed by atoms with E-state index in [-0.39, 0.29) is 5.91 Å². The molecule has 3 nitrogen and oxygen atoms in total. The number of carbonyl (C=O) groups is 1. The molecule has 2 N–H and O–H groups in total. The van der Waals surface area contributed by atoms with Crippen molar-refractivity contribution in [1.82, 2.24) is 10.3 Å². The van der Waals surface area contributed by atoms with Gasteiger partial charge in [-0.1, -0.05) is 42.8 Å². The minimum absolute atomic E-state index is 0.0216. The molecule has 23 heavy (non-hydrogen) atoms. The number of halogens is 1. The van der Waals surface area contributed by atoms with Crippen molar-refractivity contribution in [1.29, 1.82) is 0 Å².